The van der Waals surface area contributed by atoms with Crippen LogP contribution in [-0.2, 0) is 0 Å². The molecule has 2 heteroatoms. The Bertz CT molecular complexity index is 2870. The van der Waals surface area contributed by atoms with Crippen LogP contribution in [0.1, 0.15) is 36.1 Å². The van der Waals surface area contributed by atoms with Gasteiger partial charge in [0.15, 0.2) is 0 Å². The highest BCUT2D eigenvalue weighted by Gasteiger charge is 2.12. The predicted octanol–water partition coefficient (Wildman–Crippen LogP) is 12.1. The number of nitrogens with zero attached hydrogens (tertiary/aromatic N) is 2. The summed E-state index contributed by atoms with van der Waals surface area (Å²) in [5.41, 5.74) is 13.1. The minimum absolute atomic E-state index is 0.900. The van der Waals surface area contributed by atoms with Crippen molar-refractivity contribution in [1.29, 1.82) is 0 Å². The largest absolute Gasteiger partial charge is 0.264 e. The molecule has 0 fully saturated rings. The molecule has 0 aliphatic rings. The summed E-state index contributed by atoms with van der Waals surface area (Å²) in [6.07, 6.45) is 9.90. The molecule has 2 nitrogen and oxygen atoms in total. The fourth-order valence-electron chi connectivity index (χ4n) is 7.28. The predicted molar refractivity (Wildman–Crippen MR) is 233 cm³/mol. The first-order valence-electron chi connectivity index (χ1n) is 18.3. The summed E-state index contributed by atoms with van der Waals surface area (Å²) < 4.78 is 0. The molecule has 1 aromatic heterocycles. The standard InChI is InChI=1S/C52H40N2/c1-5-12-41-29-42(24-19-37(41)6-2)47-31-46(32-48(33-47)43-25-26-45-34-53-28-27-44(45)30-43)38-20-22-40(23-21-38)52(49-16-9-7-13-35(49)3)54-36(4)50-18-11-15-39-14-8-10-17-51(39)50/h5-34H,2-3H2,1,4H3/b12-5-,52-49-,54-36?. The Hall–Kier alpha value is -6.90. The fourth-order valence-corrected chi connectivity index (χ4v) is 7.28. The molecular weight excluding hydrogens is 653 g/mol. The fraction of sp³-hybridized carbons (Fsp3) is 0.0385. The third-order valence-corrected chi connectivity index (χ3v) is 10.1. The van der Waals surface area contributed by atoms with E-state index >= 15 is 0 Å². The number of allylic oxidation sites excluding steroid dienone is 1. The molecule has 0 atom stereocenters. The van der Waals surface area contributed by atoms with Gasteiger partial charge in [0, 0.05) is 39.8 Å². The molecule has 8 rings (SSSR count). The quantitative estimate of drug-likeness (QED) is 0.146. The first-order chi connectivity index (χ1) is 26.5. The van der Waals surface area contributed by atoms with Crippen LogP contribution in [0.25, 0.3) is 79.4 Å². The van der Waals surface area contributed by atoms with Crippen molar-refractivity contribution in [3.05, 3.63) is 209 Å². The number of fused-ring (bicyclic) bond motifs is 2. The molecule has 8 aromatic rings. The van der Waals surface area contributed by atoms with Gasteiger partial charge in [0.2, 0.25) is 0 Å². The van der Waals surface area contributed by atoms with Crippen LogP contribution < -0.4 is 10.4 Å². The van der Waals surface area contributed by atoms with E-state index in [1.165, 1.54) is 10.8 Å². The van der Waals surface area contributed by atoms with E-state index in [9.17, 15) is 0 Å². The third kappa shape index (κ3) is 6.86. The lowest BCUT2D eigenvalue weighted by atomic mass is 9.91. The molecule has 0 bridgehead atoms. The van der Waals surface area contributed by atoms with Crippen molar-refractivity contribution in [3.63, 3.8) is 0 Å². The lowest BCUT2D eigenvalue weighted by Crippen LogP contribution is -2.25. The van der Waals surface area contributed by atoms with Gasteiger partial charge >= 0.3 is 0 Å². The molecule has 0 saturated heterocycles. The lowest BCUT2D eigenvalue weighted by Gasteiger charge is -2.14. The van der Waals surface area contributed by atoms with Crippen molar-refractivity contribution in [1.82, 2.24) is 4.98 Å². The lowest BCUT2D eigenvalue weighted by molar-refractivity contribution is 1.36. The van der Waals surface area contributed by atoms with Crippen LogP contribution in [0, 0.1) is 0 Å². The van der Waals surface area contributed by atoms with E-state index in [2.05, 4.69) is 177 Å². The molecule has 258 valence electrons. The van der Waals surface area contributed by atoms with Crippen LogP contribution in [0.3, 0.4) is 0 Å². The van der Waals surface area contributed by atoms with Gasteiger partial charge in [-0.3, -0.25) is 9.98 Å². The molecule has 0 aliphatic heterocycles. The van der Waals surface area contributed by atoms with Crippen molar-refractivity contribution >= 4 is 51.7 Å². The summed E-state index contributed by atoms with van der Waals surface area (Å²) >= 11 is 0. The molecule has 54 heavy (non-hydrogen) atoms. The Morgan fingerprint density at radius 1 is 0.593 bits per heavy atom. The van der Waals surface area contributed by atoms with E-state index in [1.54, 1.807) is 0 Å². The van der Waals surface area contributed by atoms with E-state index in [1.807, 2.05) is 37.5 Å². The Kier molecular flexibility index (Phi) is 9.49. The van der Waals surface area contributed by atoms with Gasteiger partial charge in [-0.15, -0.1) is 0 Å². The van der Waals surface area contributed by atoms with Crippen LogP contribution in [0.15, 0.2) is 182 Å². The monoisotopic (exact) mass is 692 g/mol. The highest BCUT2D eigenvalue weighted by molar-refractivity contribution is 6.11. The summed E-state index contributed by atoms with van der Waals surface area (Å²) in [5, 5.41) is 6.63. The van der Waals surface area contributed by atoms with E-state index in [0.29, 0.717) is 0 Å². The first kappa shape index (κ1) is 34.2. The van der Waals surface area contributed by atoms with Gasteiger partial charge in [-0.05, 0) is 116 Å². The zero-order valence-corrected chi connectivity index (χ0v) is 30.6. The van der Waals surface area contributed by atoms with Crippen LogP contribution in [0.2, 0.25) is 0 Å². The summed E-state index contributed by atoms with van der Waals surface area (Å²) in [5.74, 6) is 0. The molecule has 0 spiro atoms. The topological polar surface area (TPSA) is 25.2 Å². The summed E-state index contributed by atoms with van der Waals surface area (Å²) in [7, 11) is 0. The minimum atomic E-state index is 0.900. The molecule has 1 heterocycles. The number of aliphatic imine (C=N–C) groups is 1. The molecule has 0 unspecified atom stereocenters. The maximum absolute atomic E-state index is 5.35. The van der Waals surface area contributed by atoms with E-state index in [-0.39, 0.29) is 0 Å². The van der Waals surface area contributed by atoms with Gasteiger partial charge in [0.05, 0.1) is 5.70 Å². The Balaban J connectivity index is 1.27. The second kappa shape index (κ2) is 15.0. The van der Waals surface area contributed by atoms with Gasteiger partial charge in [-0.1, -0.05) is 147 Å². The van der Waals surface area contributed by atoms with E-state index < -0.39 is 0 Å². The van der Waals surface area contributed by atoms with E-state index in [0.717, 1.165) is 88.3 Å². The van der Waals surface area contributed by atoms with Crippen LogP contribution >= 0.6 is 0 Å². The van der Waals surface area contributed by atoms with Crippen molar-refractivity contribution in [2.75, 3.05) is 0 Å². The van der Waals surface area contributed by atoms with Gasteiger partial charge in [0.1, 0.15) is 0 Å². The van der Waals surface area contributed by atoms with Crippen LogP contribution in [0.5, 0.6) is 0 Å². The van der Waals surface area contributed by atoms with Crippen LogP contribution in [-0.4, -0.2) is 10.7 Å². The Morgan fingerprint density at radius 3 is 2.06 bits per heavy atom. The number of benzene rings is 7. The van der Waals surface area contributed by atoms with Gasteiger partial charge < -0.3 is 0 Å². The molecule has 0 N–H and O–H groups in total. The maximum atomic E-state index is 5.35. The van der Waals surface area contributed by atoms with Gasteiger partial charge in [-0.2, -0.15) is 0 Å². The van der Waals surface area contributed by atoms with Gasteiger partial charge in [-0.25, -0.2) is 0 Å². The second-order valence-electron chi connectivity index (χ2n) is 13.6. The Morgan fingerprint density at radius 2 is 1.28 bits per heavy atom. The molecule has 0 aliphatic carbocycles. The summed E-state index contributed by atoms with van der Waals surface area (Å²) in [6, 6.07) is 54.1. The third-order valence-electron chi connectivity index (χ3n) is 10.1. The number of rotatable bonds is 8. The van der Waals surface area contributed by atoms with Crippen molar-refractivity contribution < 1.29 is 0 Å². The number of pyridine rings is 1. The Labute approximate surface area is 317 Å². The van der Waals surface area contributed by atoms with Crippen molar-refractivity contribution in [2.24, 2.45) is 4.99 Å². The van der Waals surface area contributed by atoms with Crippen molar-refractivity contribution in [2.45, 2.75) is 13.8 Å². The number of aromatic nitrogens is 1. The second-order valence-corrected chi connectivity index (χ2v) is 13.6. The zero-order chi connectivity index (χ0) is 37.0. The molecule has 0 saturated carbocycles. The molecule has 0 radical (unpaired) electrons. The maximum Gasteiger partial charge on any atom is 0.0783 e. The zero-order valence-electron chi connectivity index (χ0n) is 30.6. The average molecular weight is 693 g/mol. The van der Waals surface area contributed by atoms with Crippen LogP contribution in [0.4, 0.5) is 0 Å². The normalized spacial score (nSPS) is 12.4. The average Bonchev–Trinajstić information content (AvgIpc) is 3.22. The van der Waals surface area contributed by atoms with Gasteiger partial charge in [0.25, 0.3) is 0 Å². The van der Waals surface area contributed by atoms with E-state index in [4.69, 9.17) is 4.99 Å². The summed E-state index contributed by atoms with van der Waals surface area (Å²) in [6.45, 7) is 12.6. The molecule has 7 aromatic carbocycles. The smallest absolute Gasteiger partial charge is 0.0783 e. The highest BCUT2D eigenvalue weighted by Crippen LogP contribution is 2.35. The molecule has 0 amide bonds. The number of hydrogen-bond donors (Lipinski definition) is 0. The summed E-state index contributed by atoms with van der Waals surface area (Å²) in [4.78, 5) is 9.67. The van der Waals surface area contributed by atoms with Crippen molar-refractivity contribution in [3.8, 4) is 33.4 Å². The first-order valence-corrected chi connectivity index (χ1v) is 18.3. The number of hydrogen-bond acceptors (Lipinski definition) is 2. The SMILES string of the molecule is C=Cc1ccc(-c2cc(-c3ccc(/C(N=C(C)c4cccc5ccccc45)=c4\ccccc4=C)cc3)cc(-c3ccc4cnccc4c3)c2)cc1/C=C\C. The minimum Gasteiger partial charge on any atom is -0.264 e. The highest BCUT2D eigenvalue weighted by atomic mass is 14.8. The molecular formula is C52H40N2.